The minimum Gasteiger partial charge on any atom is -0.364 e. The van der Waals surface area contributed by atoms with Gasteiger partial charge in [-0.15, -0.1) is 0 Å². The maximum atomic E-state index is 4.71. The summed E-state index contributed by atoms with van der Waals surface area (Å²) in [6.45, 7) is 6.04. The number of hydrogen-bond acceptors (Lipinski definition) is 4. The number of rotatable bonds is 7. The summed E-state index contributed by atoms with van der Waals surface area (Å²) < 4.78 is 4.71. The maximum absolute atomic E-state index is 4.71. The molecule has 0 aliphatic heterocycles. The van der Waals surface area contributed by atoms with Crippen molar-refractivity contribution in [2.75, 3.05) is 19.6 Å². The van der Waals surface area contributed by atoms with Crippen LogP contribution in [0.25, 0.3) is 0 Å². The fourth-order valence-corrected chi connectivity index (χ4v) is 1.06. The highest BCUT2D eigenvalue weighted by Crippen LogP contribution is 1.92. The Labute approximate surface area is 78.7 Å². The zero-order valence-corrected chi connectivity index (χ0v) is 8.05. The summed E-state index contributed by atoms with van der Waals surface area (Å²) in [4.78, 5) is 0. The third-order valence-corrected chi connectivity index (χ3v) is 1.75. The van der Waals surface area contributed by atoms with E-state index in [1.54, 1.807) is 6.26 Å². The van der Waals surface area contributed by atoms with Crippen LogP contribution in [0.5, 0.6) is 0 Å². The number of aromatic nitrogens is 1. The van der Waals surface area contributed by atoms with E-state index in [9.17, 15) is 0 Å². The van der Waals surface area contributed by atoms with E-state index in [1.807, 2.05) is 6.07 Å². The second kappa shape index (κ2) is 6.62. The van der Waals surface area contributed by atoms with Crippen molar-refractivity contribution in [2.24, 2.45) is 0 Å². The molecule has 1 heterocycles. The van der Waals surface area contributed by atoms with E-state index in [2.05, 4.69) is 22.7 Å². The Balaban J connectivity index is 1.90. The Morgan fingerprint density at radius 3 is 2.92 bits per heavy atom. The van der Waals surface area contributed by atoms with Gasteiger partial charge in [-0.1, -0.05) is 12.1 Å². The summed E-state index contributed by atoms with van der Waals surface area (Å²) in [5, 5.41) is 10.3. The lowest BCUT2D eigenvalue weighted by molar-refractivity contribution is 0.408. The Bertz CT molecular complexity index is 199. The van der Waals surface area contributed by atoms with Crippen LogP contribution in [-0.2, 0) is 6.54 Å². The van der Waals surface area contributed by atoms with Gasteiger partial charge in [0.05, 0.1) is 5.69 Å². The fourth-order valence-electron chi connectivity index (χ4n) is 1.06. The molecule has 0 bridgehead atoms. The number of hydrogen-bond donors (Lipinski definition) is 2. The van der Waals surface area contributed by atoms with Gasteiger partial charge >= 0.3 is 0 Å². The Kier molecular flexibility index (Phi) is 5.20. The monoisotopic (exact) mass is 183 g/mol. The summed E-state index contributed by atoms with van der Waals surface area (Å²) in [6, 6.07) is 1.87. The third-order valence-electron chi connectivity index (χ3n) is 1.75. The second-order valence-corrected chi connectivity index (χ2v) is 2.87. The van der Waals surface area contributed by atoms with Gasteiger partial charge < -0.3 is 15.2 Å². The molecule has 0 fully saturated rings. The van der Waals surface area contributed by atoms with Crippen LogP contribution in [0.4, 0.5) is 0 Å². The molecule has 74 valence electrons. The first-order chi connectivity index (χ1) is 6.43. The first-order valence-corrected chi connectivity index (χ1v) is 4.74. The van der Waals surface area contributed by atoms with Crippen molar-refractivity contribution in [1.82, 2.24) is 15.8 Å². The molecule has 0 spiro atoms. The zero-order chi connectivity index (χ0) is 9.36. The molecule has 0 atom stereocenters. The zero-order valence-electron chi connectivity index (χ0n) is 8.05. The molecule has 13 heavy (non-hydrogen) atoms. The van der Waals surface area contributed by atoms with Gasteiger partial charge in [-0.2, -0.15) is 0 Å². The van der Waals surface area contributed by atoms with Crippen LogP contribution < -0.4 is 10.6 Å². The van der Waals surface area contributed by atoms with Crippen molar-refractivity contribution in [1.29, 1.82) is 0 Å². The molecule has 1 rings (SSSR count). The number of nitrogens with one attached hydrogen (secondary N) is 2. The van der Waals surface area contributed by atoms with E-state index in [1.165, 1.54) is 0 Å². The lowest BCUT2D eigenvalue weighted by atomic mass is 10.4. The van der Waals surface area contributed by atoms with Crippen LogP contribution in [0, 0.1) is 0 Å². The lowest BCUT2D eigenvalue weighted by Crippen LogP contribution is -2.21. The van der Waals surface area contributed by atoms with Crippen LogP contribution in [0.15, 0.2) is 16.9 Å². The third kappa shape index (κ3) is 4.65. The predicted octanol–water partition coefficient (Wildman–Crippen LogP) is 0.764. The molecular weight excluding hydrogens is 166 g/mol. The SMILES string of the molecule is CCNCCCNCc1ccon1. The highest BCUT2D eigenvalue weighted by Gasteiger charge is 1.94. The molecule has 0 unspecified atom stereocenters. The van der Waals surface area contributed by atoms with Crippen LogP contribution in [0.3, 0.4) is 0 Å². The molecule has 0 amide bonds. The van der Waals surface area contributed by atoms with E-state index in [-0.39, 0.29) is 0 Å². The first kappa shape index (κ1) is 10.2. The van der Waals surface area contributed by atoms with Gasteiger partial charge in [-0.25, -0.2) is 0 Å². The van der Waals surface area contributed by atoms with Crippen LogP contribution >= 0.6 is 0 Å². The molecule has 0 aliphatic carbocycles. The summed E-state index contributed by atoms with van der Waals surface area (Å²) >= 11 is 0. The van der Waals surface area contributed by atoms with Gasteiger partial charge in [-0.05, 0) is 26.1 Å². The van der Waals surface area contributed by atoms with Gasteiger partial charge in [0, 0.05) is 12.6 Å². The largest absolute Gasteiger partial charge is 0.364 e. The fraction of sp³-hybridized carbons (Fsp3) is 0.667. The van der Waals surface area contributed by atoms with E-state index < -0.39 is 0 Å². The Hall–Kier alpha value is -0.870. The number of nitrogens with zero attached hydrogens (tertiary/aromatic N) is 1. The second-order valence-electron chi connectivity index (χ2n) is 2.87. The molecular formula is C9H17N3O. The van der Waals surface area contributed by atoms with Gasteiger partial charge in [0.25, 0.3) is 0 Å². The average Bonchev–Trinajstić information content (AvgIpc) is 2.63. The summed E-state index contributed by atoms with van der Waals surface area (Å²) in [7, 11) is 0. The smallest absolute Gasteiger partial charge is 0.124 e. The predicted molar refractivity (Wildman–Crippen MR) is 51.4 cm³/mol. The van der Waals surface area contributed by atoms with Crippen molar-refractivity contribution in [3.8, 4) is 0 Å². The van der Waals surface area contributed by atoms with E-state index in [4.69, 9.17) is 4.52 Å². The van der Waals surface area contributed by atoms with Gasteiger partial charge in [0.1, 0.15) is 6.26 Å². The molecule has 0 aliphatic rings. The van der Waals surface area contributed by atoms with E-state index >= 15 is 0 Å². The molecule has 0 aromatic carbocycles. The molecule has 1 aromatic rings. The highest BCUT2D eigenvalue weighted by atomic mass is 16.5. The van der Waals surface area contributed by atoms with Gasteiger partial charge in [0.2, 0.25) is 0 Å². The standard InChI is InChI=1S/C9H17N3O/c1-2-10-5-3-6-11-8-9-4-7-13-12-9/h4,7,10-11H,2-3,5-6,8H2,1H3. The van der Waals surface area contributed by atoms with E-state index in [0.717, 1.165) is 38.3 Å². The molecule has 2 N–H and O–H groups in total. The van der Waals surface area contributed by atoms with E-state index in [0.29, 0.717) is 0 Å². The Morgan fingerprint density at radius 2 is 2.23 bits per heavy atom. The van der Waals surface area contributed by atoms with Gasteiger partial charge in [0.15, 0.2) is 0 Å². The van der Waals surface area contributed by atoms with Crippen molar-refractivity contribution >= 4 is 0 Å². The molecule has 0 radical (unpaired) electrons. The maximum Gasteiger partial charge on any atom is 0.124 e. The highest BCUT2D eigenvalue weighted by molar-refractivity contribution is 4.93. The summed E-state index contributed by atoms with van der Waals surface area (Å²) in [5.74, 6) is 0. The minimum absolute atomic E-state index is 0.794. The quantitative estimate of drug-likeness (QED) is 0.613. The molecule has 4 nitrogen and oxygen atoms in total. The van der Waals surface area contributed by atoms with Crippen LogP contribution in [0.1, 0.15) is 19.0 Å². The van der Waals surface area contributed by atoms with Crippen LogP contribution in [0.2, 0.25) is 0 Å². The molecule has 1 aromatic heterocycles. The lowest BCUT2D eigenvalue weighted by Gasteiger charge is -2.02. The van der Waals surface area contributed by atoms with Crippen molar-refractivity contribution < 1.29 is 4.52 Å². The summed E-state index contributed by atoms with van der Waals surface area (Å²) in [5.41, 5.74) is 0.962. The average molecular weight is 183 g/mol. The van der Waals surface area contributed by atoms with Crippen molar-refractivity contribution in [2.45, 2.75) is 19.9 Å². The van der Waals surface area contributed by atoms with Crippen molar-refractivity contribution in [3.63, 3.8) is 0 Å². The molecule has 0 saturated carbocycles. The normalized spacial score (nSPS) is 10.5. The van der Waals surface area contributed by atoms with Crippen LogP contribution in [-0.4, -0.2) is 24.8 Å². The Morgan fingerprint density at radius 1 is 1.38 bits per heavy atom. The topological polar surface area (TPSA) is 50.1 Å². The van der Waals surface area contributed by atoms with Gasteiger partial charge in [-0.3, -0.25) is 0 Å². The summed E-state index contributed by atoms with van der Waals surface area (Å²) in [6.07, 6.45) is 2.74. The molecule has 0 saturated heterocycles. The minimum atomic E-state index is 0.794. The first-order valence-electron chi connectivity index (χ1n) is 4.74. The van der Waals surface area contributed by atoms with Crippen molar-refractivity contribution in [3.05, 3.63) is 18.0 Å². The molecule has 4 heteroatoms.